The SMILES string of the molecule is O=C(Nc1ccccc1-n1ccnc1)c1cccc(F)n1. The number of halogens is 1. The second-order valence-corrected chi connectivity index (χ2v) is 4.29. The van der Waals surface area contributed by atoms with Crippen LogP contribution in [-0.2, 0) is 0 Å². The van der Waals surface area contributed by atoms with E-state index in [1.165, 1.54) is 18.2 Å². The molecule has 0 aliphatic carbocycles. The second kappa shape index (κ2) is 5.54. The minimum Gasteiger partial charge on any atom is -0.319 e. The Hall–Kier alpha value is -3.02. The summed E-state index contributed by atoms with van der Waals surface area (Å²) in [6.07, 6.45) is 5.05. The van der Waals surface area contributed by atoms with E-state index in [1.54, 1.807) is 35.4 Å². The third-order valence-electron chi connectivity index (χ3n) is 2.88. The largest absolute Gasteiger partial charge is 0.319 e. The van der Waals surface area contributed by atoms with Crippen LogP contribution >= 0.6 is 0 Å². The molecule has 5 nitrogen and oxygen atoms in total. The Morgan fingerprint density at radius 3 is 2.76 bits per heavy atom. The molecule has 104 valence electrons. The molecule has 1 amide bonds. The summed E-state index contributed by atoms with van der Waals surface area (Å²) in [7, 11) is 0. The van der Waals surface area contributed by atoms with Gasteiger partial charge in [-0.25, -0.2) is 9.97 Å². The van der Waals surface area contributed by atoms with Gasteiger partial charge < -0.3 is 9.88 Å². The number of aromatic nitrogens is 3. The zero-order valence-electron chi connectivity index (χ0n) is 10.9. The summed E-state index contributed by atoms with van der Waals surface area (Å²) in [5, 5.41) is 2.73. The zero-order chi connectivity index (χ0) is 14.7. The minimum absolute atomic E-state index is 0.0236. The number of imidazole rings is 1. The first kappa shape index (κ1) is 13.0. The molecule has 0 bridgehead atoms. The maximum Gasteiger partial charge on any atom is 0.274 e. The van der Waals surface area contributed by atoms with Crippen molar-refractivity contribution in [3.63, 3.8) is 0 Å². The van der Waals surface area contributed by atoms with Gasteiger partial charge in [-0.05, 0) is 24.3 Å². The van der Waals surface area contributed by atoms with Crippen LogP contribution in [0.4, 0.5) is 10.1 Å². The highest BCUT2D eigenvalue weighted by molar-refractivity contribution is 6.03. The first-order valence-corrected chi connectivity index (χ1v) is 6.25. The number of rotatable bonds is 3. The van der Waals surface area contributed by atoms with E-state index in [2.05, 4.69) is 15.3 Å². The topological polar surface area (TPSA) is 59.8 Å². The monoisotopic (exact) mass is 282 g/mol. The Bertz CT molecular complexity index is 771. The molecule has 0 atom stereocenters. The normalized spacial score (nSPS) is 10.3. The van der Waals surface area contributed by atoms with Gasteiger partial charge in [0, 0.05) is 12.4 Å². The number of nitrogens with one attached hydrogen (secondary N) is 1. The molecule has 0 aliphatic heterocycles. The molecule has 0 fully saturated rings. The maximum absolute atomic E-state index is 13.1. The van der Waals surface area contributed by atoms with Gasteiger partial charge in [0.15, 0.2) is 0 Å². The van der Waals surface area contributed by atoms with Crippen LogP contribution in [0.1, 0.15) is 10.5 Å². The third kappa shape index (κ3) is 2.79. The van der Waals surface area contributed by atoms with Crippen LogP contribution in [-0.4, -0.2) is 20.4 Å². The molecule has 3 rings (SSSR count). The fraction of sp³-hybridized carbons (Fsp3) is 0. The van der Waals surface area contributed by atoms with Gasteiger partial charge in [-0.2, -0.15) is 4.39 Å². The molecule has 0 saturated carbocycles. The highest BCUT2D eigenvalue weighted by Gasteiger charge is 2.11. The molecule has 0 radical (unpaired) electrons. The lowest BCUT2D eigenvalue weighted by Gasteiger charge is -2.11. The van der Waals surface area contributed by atoms with Gasteiger partial charge in [-0.1, -0.05) is 18.2 Å². The van der Waals surface area contributed by atoms with E-state index in [0.717, 1.165) is 5.69 Å². The van der Waals surface area contributed by atoms with Gasteiger partial charge in [-0.3, -0.25) is 4.79 Å². The lowest BCUT2D eigenvalue weighted by atomic mass is 10.2. The van der Waals surface area contributed by atoms with E-state index in [9.17, 15) is 9.18 Å². The summed E-state index contributed by atoms with van der Waals surface area (Å²) in [4.78, 5) is 19.7. The van der Waals surface area contributed by atoms with Crippen molar-refractivity contribution < 1.29 is 9.18 Å². The molecule has 0 unspecified atom stereocenters. The van der Waals surface area contributed by atoms with Gasteiger partial charge in [0.2, 0.25) is 5.95 Å². The molecular weight excluding hydrogens is 271 g/mol. The van der Waals surface area contributed by atoms with Gasteiger partial charge in [0.05, 0.1) is 17.7 Å². The van der Waals surface area contributed by atoms with Crippen LogP contribution in [0.2, 0.25) is 0 Å². The predicted molar refractivity (Wildman–Crippen MR) is 75.7 cm³/mol. The van der Waals surface area contributed by atoms with Crippen molar-refractivity contribution in [3.05, 3.63) is 72.8 Å². The Balaban J connectivity index is 1.90. The summed E-state index contributed by atoms with van der Waals surface area (Å²) in [6.45, 7) is 0. The van der Waals surface area contributed by atoms with Crippen molar-refractivity contribution in [2.45, 2.75) is 0 Å². The van der Waals surface area contributed by atoms with Gasteiger partial charge in [0.1, 0.15) is 5.69 Å². The Labute approximate surface area is 120 Å². The fourth-order valence-electron chi connectivity index (χ4n) is 1.93. The Kier molecular flexibility index (Phi) is 3.42. The summed E-state index contributed by atoms with van der Waals surface area (Å²) >= 11 is 0. The van der Waals surface area contributed by atoms with E-state index in [4.69, 9.17) is 0 Å². The fourth-order valence-corrected chi connectivity index (χ4v) is 1.93. The van der Waals surface area contributed by atoms with Crippen LogP contribution in [0.5, 0.6) is 0 Å². The molecule has 0 aliphatic rings. The number of anilines is 1. The third-order valence-corrected chi connectivity index (χ3v) is 2.88. The zero-order valence-corrected chi connectivity index (χ0v) is 10.9. The van der Waals surface area contributed by atoms with Gasteiger partial charge in [0.25, 0.3) is 5.91 Å². The van der Waals surface area contributed by atoms with E-state index in [1.807, 2.05) is 12.1 Å². The quantitative estimate of drug-likeness (QED) is 0.751. The molecule has 1 aromatic carbocycles. The van der Waals surface area contributed by atoms with E-state index in [-0.39, 0.29) is 5.69 Å². The number of hydrogen-bond donors (Lipinski definition) is 1. The van der Waals surface area contributed by atoms with E-state index < -0.39 is 11.9 Å². The number of hydrogen-bond acceptors (Lipinski definition) is 3. The molecule has 0 spiro atoms. The lowest BCUT2D eigenvalue weighted by molar-refractivity contribution is 0.102. The summed E-state index contributed by atoms with van der Waals surface area (Å²) in [6, 6.07) is 11.3. The second-order valence-electron chi connectivity index (χ2n) is 4.29. The summed E-state index contributed by atoms with van der Waals surface area (Å²) in [5.74, 6) is -1.16. The van der Waals surface area contributed by atoms with Crippen LogP contribution < -0.4 is 5.32 Å². The molecule has 2 heterocycles. The molecule has 21 heavy (non-hydrogen) atoms. The predicted octanol–water partition coefficient (Wildman–Crippen LogP) is 2.66. The van der Waals surface area contributed by atoms with Crippen molar-refractivity contribution in [3.8, 4) is 5.69 Å². The van der Waals surface area contributed by atoms with Crippen molar-refractivity contribution in [1.29, 1.82) is 0 Å². The molecule has 1 N–H and O–H groups in total. The number of amides is 1. The van der Waals surface area contributed by atoms with Crippen molar-refractivity contribution in [2.75, 3.05) is 5.32 Å². The van der Waals surface area contributed by atoms with Crippen molar-refractivity contribution in [1.82, 2.24) is 14.5 Å². The van der Waals surface area contributed by atoms with E-state index >= 15 is 0 Å². The molecule has 6 heteroatoms. The Morgan fingerprint density at radius 1 is 1.14 bits per heavy atom. The van der Waals surface area contributed by atoms with Gasteiger partial charge in [-0.15, -0.1) is 0 Å². The van der Waals surface area contributed by atoms with E-state index in [0.29, 0.717) is 5.69 Å². The van der Waals surface area contributed by atoms with Crippen LogP contribution in [0.25, 0.3) is 5.69 Å². The molecular formula is C15H11FN4O. The van der Waals surface area contributed by atoms with Gasteiger partial charge >= 0.3 is 0 Å². The maximum atomic E-state index is 13.1. The molecule has 2 aromatic heterocycles. The Morgan fingerprint density at radius 2 is 2.00 bits per heavy atom. The number of carbonyl (C=O) groups excluding carboxylic acids is 1. The van der Waals surface area contributed by atoms with Crippen LogP contribution in [0.15, 0.2) is 61.2 Å². The average Bonchev–Trinajstić information content (AvgIpc) is 3.02. The van der Waals surface area contributed by atoms with Crippen LogP contribution in [0, 0.1) is 5.95 Å². The smallest absolute Gasteiger partial charge is 0.274 e. The highest BCUT2D eigenvalue weighted by atomic mass is 19.1. The minimum atomic E-state index is -0.689. The number of pyridine rings is 1. The summed E-state index contributed by atoms with van der Waals surface area (Å²) in [5.41, 5.74) is 1.38. The number of nitrogens with zero attached hydrogens (tertiary/aromatic N) is 3. The van der Waals surface area contributed by atoms with Crippen molar-refractivity contribution in [2.24, 2.45) is 0 Å². The molecule has 3 aromatic rings. The standard InChI is InChI=1S/C15H11FN4O/c16-14-7-3-5-12(18-14)15(21)19-11-4-1-2-6-13(11)20-9-8-17-10-20/h1-10H,(H,19,21). The van der Waals surface area contributed by atoms with Crippen molar-refractivity contribution >= 4 is 11.6 Å². The first-order valence-electron chi connectivity index (χ1n) is 6.25. The number of para-hydroxylation sites is 2. The van der Waals surface area contributed by atoms with Crippen LogP contribution in [0.3, 0.4) is 0 Å². The number of carbonyl (C=O) groups is 1. The summed E-state index contributed by atoms with van der Waals surface area (Å²) < 4.78 is 14.8. The highest BCUT2D eigenvalue weighted by Crippen LogP contribution is 2.20. The molecule has 0 saturated heterocycles. The average molecular weight is 282 g/mol. The lowest BCUT2D eigenvalue weighted by Crippen LogP contribution is -2.15. The first-order chi connectivity index (χ1) is 10.2. The number of benzene rings is 1.